The first kappa shape index (κ1) is 20.5. The molecule has 0 N–H and O–H groups in total. The predicted molar refractivity (Wildman–Crippen MR) is 106 cm³/mol. The Morgan fingerprint density at radius 1 is 0.966 bits per heavy atom. The lowest BCUT2D eigenvalue weighted by Crippen LogP contribution is -2.06. The van der Waals surface area contributed by atoms with Crippen LogP contribution in [0.2, 0.25) is 0 Å². The summed E-state index contributed by atoms with van der Waals surface area (Å²) in [4.78, 5) is 12.8. The highest BCUT2D eigenvalue weighted by atomic mass is 32.2. The number of rotatable bonds is 6. The van der Waals surface area contributed by atoms with Crippen LogP contribution in [0.25, 0.3) is 6.08 Å². The van der Waals surface area contributed by atoms with Crippen LogP contribution in [-0.2, 0) is 10.1 Å². The molecule has 1 aliphatic heterocycles. The molecule has 0 saturated heterocycles. The number of ketones is 1. The molecule has 0 amide bonds. The Morgan fingerprint density at radius 2 is 1.59 bits per heavy atom. The summed E-state index contributed by atoms with van der Waals surface area (Å²) in [5, 5.41) is 0. The number of fused-ring (bicyclic) bond motifs is 1. The summed E-state index contributed by atoms with van der Waals surface area (Å²) in [6.07, 6.45) is 2.49. The van der Waals surface area contributed by atoms with E-state index >= 15 is 0 Å². The van der Waals surface area contributed by atoms with Crippen molar-refractivity contribution in [3.05, 3.63) is 46.7 Å². The molecule has 0 saturated carbocycles. The number of allylic oxidation sites excluding steroid dienone is 1. The van der Waals surface area contributed by atoms with Crippen molar-refractivity contribution in [1.29, 1.82) is 0 Å². The molecular weight excluding hydrogens is 400 g/mol. The minimum atomic E-state index is -3.70. The molecule has 9 heteroatoms. The molecule has 1 heterocycles. The second-order valence-electron chi connectivity index (χ2n) is 6.30. The molecule has 0 unspecified atom stereocenters. The molecule has 2 aromatic rings. The zero-order chi connectivity index (χ0) is 21.3. The van der Waals surface area contributed by atoms with Gasteiger partial charge in [-0.15, -0.1) is 0 Å². The van der Waals surface area contributed by atoms with Crippen LogP contribution in [0.15, 0.2) is 30.0 Å². The number of benzene rings is 2. The molecule has 0 radical (unpaired) electrons. The molecule has 0 fully saturated rings. The number of aryl methyl sites for hydroxylation is 1. The minimum Gasteiger partial charge on any atom is -0.493 e. The third kappa shape index (κ3) is 4.14. The summed E-state index contributed by atoms with van der Waals surface area (Å²) >= 11 is 0. The number of ether oxygens (including phenoxy) is 4. The maximum absolute atomic E-state index is 12.8. The number of hydrogen-bond donors (Lipinski definition) is 0. The van der Waals surface area contributed by atoms with Crippen molar-refractivity contribution < 1.29 is 36.3 Å². The van der Waals surface area contributed by atoms with E-state index in [4.69, 9.17) is 23.1 Å². The van der Waals surface area contributed by atoms with Crippen LogP contribution in [0.4, 0.5) is 0 Å². The normalized spacial score (nSPS) is 14.4. The Hall–Kier alpha value is -3.20. The standard InChI is InChI=1S/C20H20O8S/c1-11-6-13(28-29(5,22)23)10-14-18(11)19(21)15(27-14)7-12-8-16(24-2)20(26-4)17(9-12)25-3/h6-10H,1-5H3. The average molecular weight is 420 g/mol. The molecule has 2 aromatic carbocycles. The van der Waals surface area contributed by atoms with Gasteiger partial charge in [-0.2, -0.15) is 8.42 Å². The average Bonchev–Trinajstić information content (AvgIpc) is 2.95. The lowest BCUT2D eigenvalue weighted by molar-refractivity contribution is 0.101. The summed E-state index contributed by atoms with van der Waals surface area (Å²) in [6.45, 7) is 1.68. The molecule has 0 spiro atoms. The Balaban J connectivity index is 2.02. The first-order valence-electron chi connectivity index (χ1n) is 8.45. The second kappa shape index (κ2) is 7.67. The van der Waals surface area contributed by atoms with Gasteiger partial charge in [0.15, 0.2) is 17.3 Å². The molecule has 3 rings (SSSR count). The highest BCUT2D eigenvalue weighted by Crippen LogP contribution is 2.41. The van der Waals surface area contributed by atoms with Crippen LogP contribution in [0.1, 0.15) is 21.5 Å². The van der Waals surface area contributed by atoms with Gasteiger partial charge in [-0.1, -0.05) is 0 Å². The van der Waals surface area contributed by atoms with E-state index in [-0.39, 0.29) is 23.0 Å². The van der Waals surface area contributed by atoms with Gasteiger partial charge >= 0.3 is 10.1 Å². The van der Waals surface area contributed by atoms with E-state index in [9.17, 15) is 13.2 Å². The van der Waals surface area contributed by atoms with E-state index in [1.807, 2.05) is 0 Å². The fourth-order valence-corrected chi connectivity index (χ4v) is 3.48. The van der Waals surface area contributed by atoms with Crippen molar-refractivity contribution in [2.24, 2.45) is 0 Å². The molecule has 1 aliphatic rings. The summed E-state index contributed by atoms with van der Waals surface area (Å²) in [7, 11) is 0.782. The van der Waals surface area contributed by atoms with Crippen molar-refractivity contribution in [1.82, 2.24) is 0 Å². The molecule has 29 heavy (non-hydrogen) atoms. The van der Waals surface area contributed by atoms with Crippen LogP contribution in [0.5, 0.6) is 28.7 Å². The van der Waals surface area contributed by atoms with Gasteiger partial charge in [0.2, 0.25) is 11.5 Å². The van der Waals surface area contributed by atoms with E-state index in [2.05, 4.69) is 0 Å². The number of methoxy groups -OCH3 is 3. The van der Waals surface area contributed by atoms with Gasteiger partial charge in [0.25, 0.3) is 0 Å². The number of Topliss-reactive ketones (excluding diaryl/α,β-unsaturated/α-hetero) is 1. The largest absolute Gasteiger partial charge is 0.493 e. The zero-order valence-corrected chi connectivity index (χ0v) is 17.4. The Morgan fingerprint density at radius 3 is 2.10 bits per heavy atom. The van der Waals surface area contributed by atoms with Gasteiger partial charge in [-0.05, 0) is 42.3 Å². The number of carbonyl (C=O) groups is 1. The maximum Gasteiger partial charge on any atom is 0.306 e. The first-order chi connectivity index (χ1) is 13.7. The van der Waals surface area contributed by atoms with Crippen LogP contribution in [0, 0.1) is 6.92 Å². The third-order valence-corrected chi connectivity index (χ3v) is 4.67. The van der Waals surface area contributed by atoms with E-state index < -0.39 is 10.1 Å². The topological polar surface area (TPSA) is 97.4 Å². The summed E-state index contributed by atoms with van der Waals surface area (Å²) < 4.78 is 49.3. The van der Waals surface area contributed by atoms with Crippen molar-refractivity contribution in [3.8, 4) is 28.7 Å². The Bertz CT molecular complexity index is 1090. The lowest BCUT2D eigenvalue weighted by atomic mass is 10.0. The molecule has 0 atom stereocenters. The zero-order valence-electron chi connectivity index (χ0n) is 16.6. The van der Waals surface area contributed by atoms with E-state index in [0.29, 0.717) is 33.9 Å². The van der Waals surface area contributed by atoms with Gasteiger partial charge in [0, 0.05) is 6.07 Å². The molecular formula is C20H20O8S. The highest BCUT2D eigenvalue weighted by molar-refractivity contribution is 7.86. The van der Waals surface area contributed by atoms with Crippen LogP contribution >= 0.6 is 0 Å². The van der Waals surface area contributed by atoms with E-state index in [0.717, 1.165) is 6.26 Å². The number of carbonyl (C=O) groups excluding carboxylic acids is 1. The predicted octanol–water partition coefficient (Wildman–Crippen LogP) is 2.98. The summed E-state index contributed by atoms with van der Waals surface area (Å²) in [5.74, 6) is 1.35. The Kier molecular flexibility index (Phi) is 5.43. The third-order valence-electron chi connectivity index (χ3n) is 4.18. The van der Waals surface area contributed by atoms with Crippen molar-refractivity contribution in [2.75, 3.05) is 27.6 Å². The smallest absolute Gasteiger partial charge is 0.306 e. The molecule has 154 valence electrons. The summed E-state index contributed by atoms with van der Waals surface area (Å²) in [6, 6.07) is 6.21. The quantitative estimate of drug-likeness (QED) is 0.520. The van der Waals surface area contributed by atoms with Crippen LogP contribution in [0.3, 0.4) is 0 Å². The summed E-state index contributed by atoms with van der Waals surface area (Å²) in [5.41, 5.74) is 1.49. The first-order valence-corrected chi connectivity index (χ1v) is 10.3. The van der Waals surface area contributed by atoms with Crippen LogP contribution in [-0.4, -0.2) is 41.8 Å². The molecule has 8 nitrogen and oxygen atoms in total. The van der Waals surface area contributed by atoms with Gasteiger partial charge in [-0.3, -0.25) is 4.79 Å². The van der Waals surface area contributed by atoms with Gasteiger partial charge in [0.05, 0.1) is 33.1 Å². The fourth-order valence-electron chi connectivity index (χ4n) is 3.04. The monoisotopic (exact) mass is 420 g/mol. The van der Waals surface area contributed by atoms with Gasteiger partial charge in [0.1, 0.15) is 11.5 Å². The molecule has 0 aliphatic carbocycles. The molecule has 0 aromatic heterocycles. The van der Waals surface area contributed by atoms with Crippen molar-refractivity contribution in [2.45, 2.75) is 6.92 Å². The maximum atomic E-state index is 12.8. The fraction of sp³-hybridized carbons (Fsp3) is 0.250. The SMILES string of the molecule is COc1cc(C=C2Oc3cc(OS(C)(=O)=O)cc(C)c3C2=O)cc(OC)c1OC. The van der Waals surface area contributed by atoms with E-state index in [1.54, 1.807) is 25.1 Å². The van der Waals surface area contributed by atoms with Crippen LogP contribution < -0.4 is 23.1 Å². The number of hydrogen-bond acceptors (Lipinski definition) is 8. The highest BCUT2D eigenvalue weighted by Gasteiger charge is 2.30. The lowest BCUT2D eigenvalue weighted by Gasteiger charge is -2.13. The van der Waals surface area contributed by atoms with E-state index in [1.165, 1.54) is 33.5 Å². The second-order valence-corrected chi connectivity index (χ2v) is 7.87. The minimum absolute atomic E-state index is 0.0746. The molecule has 0 bridgehead atoms. The van der Waals surface area contributed by atoms with Crippen molar-refractivity contribution >= 4 is 22.0 Å². The van der Waals surface area contributed by atoms with Crippen molar-refractivity contribution in [3.63, 3.8) is 0 Å². The van der Waals surface area contributed by atoms with Gasteiger partial charge in [-0.25, -0.2) is 0 Å². The van der Waals surface area contributed by atoms with Gasteiger partial charge < -0.3 is 23.1 Å². The Labute approximate surface area is 168 Å².